The first kappa shape index (κ1) is 28.6. The number of anilines is 2. The normalized spacial score (nSPS) is 12.0. The molecule has 4 aromatic rings. The van der Waals surface area contributed by atoms with Crippen LogP contribution in [0.4, 0.5) is 25.0 Å². The Hall–Kier alpha value is -4.37. The fourth-order valence-corrected chi connectivity index (χ4v) is 5.25. The number of nitrogens with one attached hydrogen (secondary N) is 2. The van der Waals surface area contributed by atoms with Crippen LogP contribution in [-0.4, -0.2) is 57.6 Å². The molecule has 0 aliphatic heterocycles. The van der Waals surface area contributed by atoms with Crippen LogP contribution in [0.2, 0.25) is 0 Å². The molecule has 0 radical (unpaired) electrons. The molecule has 0 saturated carbocycles. The summed E-state index contributed by atoms with van der Waals surface area (Å²) in [6, 6.07) is 8.06. The average molecular weight is 591 g/mol. The number of halogens is 2. The molecule has 2 N–H and O–H groups in total. The van der Waals surface area contributed by atoms with E-state index in [0.29, 0.717) is 17.3 Å². The van der Waals surface area contributed by atoms with Crippen LogP contribution in [0.3, 0.4) is 0 Å². The van der Waals surface area contributed by atoms with Crippen LogP contribution in [0.25, 0.3) is 10.2 Å². The zero-order chi connectivity index (χ0) is 29.0. The van der Waals surface area contributed by atoms with Gasteiger partial charge in [-0.3, -0.25) is 9.10 Å². The Bertz CT molecular complexity index is 1630. The summed E-state index contributed by atoms with van der Waals surface area (Å²) >= 11 is 1.42. The molecule has 0 aliphatic carbocycles. The molecule has 0 bridgehead atoms. The number of rotatable bonds is 9. The maximum Gasteiger partial charge on any atom is 0.330 e. The van der Waals surface area contributed by atoms with Crippen molar-refractivity contribution in [3.63, 3.8) is 0 Å². The van der Waals surface area contributed by atoms with Crippen molar-refractivity contribution in [3.8, 4) is 5.88 Å². The van der Waals surface area contributed by atoms with Gasteiger partial charge in [-0.05, 0) is 42.0 Å². The van der Waals surface area contributed by atoms with Gasteiger partial charge in [-0.2, -0.15) is 8.42 Å². The number of methoxy groups -OCH3 is 1. The van der Waals surface area contributed by atoms with E-state index in [1.807, 2.05) is 4.72 Å². The summed E-state index contributed by atoms with van der Waals surface area (Å²) in [5.74, 6) is -2.15. The molecule has 40 heavy (non-hydrogen) atoms. The van der Waals surface area contributed by atoms with Crippen molar-refractivity contribution in [2.75, 3.05) is 30.4 Å². The van der Waals surface area contributed by atoms with Crippen molar-refractivity contribution < 1.29 is 31.5 Å². The van der Waals surface area contributed by atoms with Crippen LogP contribution in [0.1, 0.15) is 5.56 Å². The first-order chi connectivity index (χ1) is 19.0. The number of fused-ring (bicyclic) bond motifs is 1. The Labute approximate surface area is 232 Å². The summed E-state index contributed by atoms with van der Waals surface area (Å²) in [6.45, 7) is 0. The minimum Gasteiger partial charge on any atom is -0.481 e. The number of thiazole rings is 1. The number of carbonyl (C=O) groups is 2. The lowest BCUT2D eigenvalue weighted by molar-refractivity contribution is -0.120. The zero-order valence-corrected chi connectivity index (χ0v) is 23.1. The van der Waals surface area contributed by atoms with Crippen LogP contribution in [-0.2, 0) is 21.4 Å². The third-order valence-corrected chi connectivity index (χ3v) is 8.06. The molecule has 4 rings (SSSR count). The van der Waals surface area contributed by atoms with Crippen molar-refractivity contribution in [2.24, 2.45) is 0 Å². The van der Waals surface area contributed by atoms with Crippen molar-refractivity contribution in [2.45, 2.75) is 12.5 Å². The van der Waals surface area contributed by atoms with Gasteiger partial charge in [0.2, 0.25) is 11.8 Å². The smallest absolute Gasteiger partial charge is 0.330 e. The van der Waals surface area contributed by atoms with Gasteiger partial charge in [0.1, 0.15) is 17.7 Å². The lowest BCUT2D eigenvalue weighted by atomic mass is 10.0. The van der Waals surface area contributed by atoms with Crippen molar-refractivity contribution in [1.82, 2.24) is 20.0 Å². The van der Waals surface area contributed by atoms with E-state index in [-0.39, 0.29) is 23.6 Å². The highest BCUT2D eigenvalue weighted by Crippen LogP contribution is 2.24. The number of hydrogen-bond acceptors (Lipinski definition) is 8. The standard InChI is InChI=1S/C25H24F2N6O5S2/c1-32(18-4-6-22-20(12-18)29-14-39-22)24(34)21(10-15-8-16(26)11-17(27)9-15)30-25(35)31-40(36,37)33(2)19-5-7-23(38-3)28-13-19/h4-9,11-14,21H,10H2,1-3H3,(H2,30,31,35)/t21-/m0/s1. The maximum atomic E-state index is 13.9. The number of aromatic nitrogens is 2. The summed E-state index contributed by atoms with van der Waals surface area (Å²) in [7, 11) is -0.391. The molecule has 210 valence electrons. The Balaban J connectivity index is 1.56. The highest BCUT2D eigenvalue weighted by Gasteiger charge is 2.29. The largest absolute Gasteiger partial charge is 0.481 e. The van der Waals surface area contributed by atoms with Gasteiger partial charge in [0.15, 0.2) is 0 Å². The summed E-state index contributed by atoms with van der Waals surface area (Å²) in [5, 5.41) is 2.33. The molecular formula is C25H24F2N6O5S2. The minimum absolute atomic E-state index is 0.0729. The van der Waals surface area contributed by atoms with E-state index >= 15 is 0 Å². The van der Waals surface area contributed by atoms with Gasteiger partial charge >= 0.3 is 16.2 Å². The highest BCUT2D eigenvalue weighted by molar-refractivity contribution is 7.91. The monoisotopic (exact) mass is 590 g/mol. The van der Waals surface area contributed by atoms with Gasteiger partial charge in [-0.15, -0.1) is 11.3 Å². The number of nitrogens with zero attached hydrogens (tertiary/aromatic N) is 4. The highest BCUT2D eigenvalue weighted by atomic mass is 32.2. The fourth-order valence-electron chi connectivity index (χ4n) is 3.77. The number of likely N-dealkylation sites (N-methyl/N-ethyl adjacent to an activating group) is 1. The second-order valence-corrected chi connectivity index (χ2v) is 11.1. The van der Waals surface area contributed by atoms with E-state index in [1.54, 1.807) is 23.7 Å². The Morgan fingerprint density at radius 3 is 2.38 bits per heavy atom. The van der Waals surface area contributed by atoms with Gasteiger partial charge in [-0.1, -0.05) is 0 Å². The summed E-state index contributed by atoms with van der Waals surface area (Å²) in [5.41, 5.74) is 2.95. The van der Waals surface area contributed by atoms with Gasteiger partial charge in [0.05, 0.1) is 34.7 Å². The van der Waals surface area contributed by atoms with E-state index in [9.17, 15) is 26.8 Å². The van der Waals surface area contributed by atoms with E-state index in [2.05, 4.69) is 15.3 Å². The SMILES string of the molecule is COc1ccc(N(C)S(=O)(=O)NC(=O)N[C@@H](Cc2cc(F)cc(F)c2)C(=O)N(C)c2ccc3scnc3c2)cn1. The third-order valence-electron chi connectivity index (χ3n) is 5.87. The molecular weight excluding hydrogens is 566 g/mol. The second kappa shape index (κ2) is 11.8. The molecule has 2 aromatic heterocycles. The van der Waals surface area contributed by atoms with Crippen LogP contribution in [0, 0.1) is 11.6 Å². The molecule has 0 spiro atoms. The molecule has 2 heterocycles. The van der Waals surface area contributed by atoms with Crippen LogP contribution < -0.4 is 24.0 Å². The molecule has 1 atom stereocenters. The van der Waals surface area contributed by atoms with E-state index in [4.69, 9.17) is 4.74 Å². The fraction of sp³-hybridized carbons (Fsp3) is 0.200. The molecule has 0 saturated heterocycles. The first-order valence-corrected chi connectivity index (χ1v) is 13.9. The van der Waals surface area contributed by atoms with Gasteiger partial charge in [0, 0.05) is 38.3 Å². The summed E-state index contributed by atoms with van der Waals surface area (Å²) < 4.78 is 61.9. The van der Waals surface area contributed by atoms with Gasteiger partial charge < -0.3 is 15.0 Å². The predicted molar refractivity (Wildman–Crippen MR) is 147 cm³/mol. The number of hydrogen-bond donors (Lipinski definition) is 2. The Kier molecular flexibility index (Phi) is 8.44. The molecule has 11 nitrogen and oxygen atoms in total. The lowest BCUT2D eigenvalue weighted by Gasteiger charge is -2.26. The van der Waals surface area contributed by atoms with E-state index in [1.165, 1.54) is 55.8 Å². The maximum absolute atomic E-state index is 13.9. The Morgan fingerprint density at radius 2 is 1.73 bits per heavy atom. The number of pyridine rings is 1. The topological polar surface area (TPSA) is 134 Å². The molecule has 2 aromatic carbocycles. The summed E-state index contributed by atoms with van der Waals surface area (Å²) in [6.07, 6.45) is 0.900. The third kappa shape index (κ3) is 6.60. The number of amides is 3. The van der Waals surface area contributed by atoms with Crippen LogP contribution >= 0.6 is 11.3 Å². The molecule has 15 heteroatoms. The molecule has 0 aliphatic rings. The minimum atomic E-state index is -4.44. The molecule has 0 fully saturated rings. The van der Waals surface area contributed by atoms with Crippen molar-refractivity contribution >= 4 is 55.1 Å². The first-order valence-electron chi connectivity index (χ1n) is 11.6. The summed E-state index contributed by atoms with van der Waals surface area (Å²) in [4.78, 5) is 35.8. The molecule has 0 unspecified atom stereocenters. The predicted octanol–water partition coefficient (Wildman–Crippen LogP) is 3.23. The second-order valence-electron chi connectivity index (χ2n) is 8.54. The average Bonchev–Trinajstić information content (AvgIpc) is 3.38. The Morgan fingerprint density at radius 1 is 1.02 bits per heavy atom. The molecule has 3 amide bonds. The van der Waals surface area contributed by atoms with Crippen LogP contribution in [0.15, 0.2) is 60.2 Å². The van der Waals surface area contributed by atoms with E-state index < -0.39 is 39.8 Å². The number of carbonyl (C=O) groups excluding carboxylic acids is 2. The van der Waals surface area contributed by atoms with Crippen molar-refractivity contribution in [3.05, 3.63) is 77.4 Å². The van der Waals surface area contributed by atoms with Crippen LogP contribution in [0.5, 0.6) is 5.88 Å². The lowest BCUT2D eigenvalue weighted by Crippen LogP contribution is -2.54. The number of urea groups is 1. The zero-order valence-electron chi connectivity index (χ0n) is 21.5. The number of benzene rings is 2. The van der Waals surface area contributed by atoms with E-state index in [0.717, 1.165) is 21.1 Å². The van der Waals surface area contributed by atoms with Crippen molar-refractivity contribution in [1.29, 1.82) is 0 Å². The van der Waals surface area contributed by atoms with Gasteiger partial charge in [-0.25, -0.2) is 28.3 Å². The van der Waals surface area contributed by atoms with Gasteiger partial charge in [0.25, 0.3) is 0 Å². The quantitative estimate of drug-likeness (QED) is 0.306. The number of ether oxygens (including phenoxy) is 1.